The fraction of sp³-hybridized carbons (Fsp3) is 1.00. The molecule has 2 rings (SSSR count). The minimum absolute atomic E-state index is 0.472. The molecular weight excluding hydrogens is 172 g/mol. The van der Waals surface area contributed by atoms with Crippen LogP contribution in [0, 0.1) is 5.41 Å². The first-order valence-corrected chi connectivity index (χ1v) is 6.13. The average molecular weight is 196 g/mol. The number of hydrogen-bond acceptors (Lipinski definition) is 2. The third-order valence-corrected chi connectivity index (χ3v) is 4.51. The summed E-state index contributed by atoms with van der Waals surface area (Å²) in [5, 5.41) is 3.70. The molecule has 0 unspecified atom stereocenters. The quantitative estimate of drug-likeness (QED) is 0.706. The monoisotopic (exact) mass is 196 g/mol. The maximum atomic E-state index is 5.84. The van der Waals surface area contributed by atoms with Crippen molar-refractivity contribution in [2.45, 2.75) is 57.4 Å². The van der Waals surface area contributed by atoms with E-state index in [-0.39, 0.29) is 0 Å². The summed E-state index contributed by atoms with van der Waals surface area (Å²) in [5.74, 6) is 0. The molecule has 14 heavy (non-hydrogen) atoms. The molecule has 2 aliphatic carbocycles. The Balaban J connectivity index is 1.66. The van der Waals surface area contributed by atoms with Gasteiger partial charge in [-0.2, -0.15) is 0 Å². The molecular formula is C12H24N2. The fourth-order valence-electron chi connectivity index (χ4n) is 2.75. The van der Waals surface area contributed by atoms with Gasteiger partial charge in [-0.15, -0.1) is 0 Å². The van der Waals surface area contributed by atoms with Crippen molar-refractivity contribution in [3.63, 3.8) is 0 Å². The lowest BCUT2D eigenvalue weighted by Gasteiger charge is -2.44. The van der Waals surface area contributed by atoms with Crippen molar-refractivity contribution in [3.8, 4) is 0 Å². The van der Waals surface area contributed by atoms with E-state index in [1.165, 1.54) is 51.5 Å². The summed E-state index contributed by atoms with van der Waals surface area (Å²) < 4.78 is 0. The number of nitrogens with one attached hydrogen (secondary N) is 1. The van der Waals surface area contributed by atoms with Crippen molar-refractivity contribution in [1.82, 2.24) is 5.32 Å². The summed E-state index contributed by atoms with van der Waals surface area (Å²) in [4.78, 5) is 0. The molecule has 0 aromatic carbocycles. The van der Waals surface area contributed by atoms with E-state index in [2.05, 4.69) is 12.2 Å². The Morgan fingerprint density at radius 1 is 1.14 bits per heavy atom. The Kier molecular flexibility index (Phi) is 2.85. The van der Waals surface area contributed by atoms with Gasteiger partial charge in [-0.05, 0) is 64.0 Å². The Labute approximate surface area is 87.6 Å². The van der Waals surface area contributed by atoms with Gasteiger partial charge in [0.2, 0.25) is 0 Å². The molecule has 2 heteroatoms. The Hall–Kier alpha value is -0.0800. The van der Waals surface area contributed by atoms with Gasteiger partial charge in [-0.1, -0.05) is 6.42 Å². The molecule has 2 nitrogen and oxygen atoms in total. The van der Waals surface area contributed by atoms with E-state index in [4.69, 9.17) is 5.73 Å². The minimum atomic E-state index is 0.472. The van der Waals surface area contributed by atoms with Crippen LogP contribution in [-0.4, -0.2) is 18.6 Å². The van der Waals surface area contributed by atoms with E-state index >= 15 is 0 Å². The predicted octanol–water partition coefficient (Wildman–Crippen LogP) is 2.04. The zero-order valence-corrected chi connectivity index (χ0v) is 9.44. The van der Waals surface area contributed by atoms with Gasteiger partial charge in [0.15, 0.2) is 0 Å². The molecule has 2 saturated carbocycles. The SMILES string of the molecule is CC1(NCCC2(CN)CCC2)CCC1. The molecule has 82 valence electrons. The molecule has 0 amide bonds. The number of hydrogen-bond donors (Lipinski definition) is 2. The van der Waals surface area contributed by atoms with Crippen molar-refractivity contribution in [2.75, 3.05) is 13.1 Å². The second-order valence-electron chi connectivity index (χ2n) is 5.65. The molecule has 2 aliphatic rings. The lowest BCUT2D eigenvalue weighted by Crippen LogP contribution is -2.50. The van der Waals surface area contributed by atoms with E-state index in [1.54, 1.807) is 0 Å². The maximum Gasteiger partial charge on any atom is 0.0153 e. The Morgan fingerprint density at radius 2 is 1.79 bits per heavy atom. The standard InChI is InChI=1S/C12H24N2/c1-11(4-2-5-11)14-9-8-12(10-13)6-3-7-12/h14H,2-10,13H2,1H3. The fourth-order valence-corrected chi connectivity index (χ4v) is 2.75. The average Bonchev–Trinajstić information content (AvgIpc) is 2.07. The topological polar surface area (TPSA) is 38.0 Å². The van der Waals surface area contributed by atoms with Gasteiger partial charge in [0.05, 0.1) is 0 Å². The van der Waals surface area contributed by atoms with Gasteiger partial charge < -0.3 is 11.1 Å². The van der Waals surface area contributed by atoms with Gasteiger partial charge in [-0.3, -0.25) is 0 Å². The van der Waals surface area contributed by atoms with Crippen LogP contribution in [0.1, 0.15) is 51.9 Å². The molecule has 0 atom stereocenters. The van der Waals surface area contributed by atoms with Crippen molar-refractivity contribution >= 4 is 0 Å². The molecule has 0 saturated heterocycles. The molecule has 2 fully saturated rings. The summed E-state index contributed by atoms with van der Waals surface area (Å²) in [6.45, 7) is 4.42. The van der Waals surface area contributed by atoms with E-state index in [0.29, 0.717) is 11.0 Å². The highest BCUT2D eigenvalue weighted by molar-refractivity contribution is 4.94. The predicted molar refractivity (Wildman–Crippen MR) is 60.2 cm³/mol. The zero-order valence-electron chi connectivity index (χ0n) is 9.44. The van der Waals surface area contributed by atoms with Gasteiger partial charge >= 0.3 is 0 Å². The van der Waals surface area contributed by atoms with Gasteiger partial charge in [0, 0.05) is 5.54 Å². The van der Waals surface area contributed by atoms with E-state index in [9.17, 15) is 0 Å². The summed E-state index contributed by atoms with van der Waals surface area (Å²) in [6.07, 6.45) is 9.55. The van der Waals surface area contributed by atoms with Crippen LogP contribution in [0.5, 0.6) is 0 Å². The summed E-state index contributed by atoms with van der Waals surface area (Å²) in [5.41, 5.74) is 6.83. The van der Waals surface area contributed by atoms with Gasteiger partial charge in [0.1, 0.15) is 0 Å². The third kappa shape index (κ3) is 1.96. The highest BCUT2D eigenvalue weighted by atomic mass is 15.0. The van der Waals surface area contributed by atoms with Gasteiger partial charge in [-0.25, -0.2) is 0 Å². The first kappa shape index (κ1) is 10.4. The molecule has 0 aromatic rings. The molecule has 0 bridgehead atoms. The maximum absolute atomic E-state index is 5.84. The van der Waals surface area contributed by atoms with Crippen LogP contribution in [0.2, 0.25) is 0 Å². The van der Waals surface area contributed by atoms with Crippen LogP contribution in [0.15, 0.2) is 0 Å². The summed E-state index contributed by atoms with van der Waals surface area (Å²) in [7, 11) is 0. The van der Waals surface area contributed by atoms with Gasteiger partial charge in [0.25, 0.3) is 0 Å². The third-order valence-electron chi connectivity index (χ3n) is 4.51. The highest BCUT2D eigenvalue weighted by Gasteiger charge is 2.36. The van der Waals surface area contributed by atoms with E-state index in [1.807, 2.05) is 0 Å². The largest absolute Gasteiger partial charge is 0.330 e. The van der Waals surface area contributed by atoms with Crippen LogP contribution in [0.3, 0.4) is 0 Å². The first-order chi connectivity index (χ1) is 6.68. The zero-order chi connectivity index (χ0) is 10.1. The number of nitrogens with two attached hydrogens (primary N) is 1. The second-order valence-corrected chi connectivity index (χ2v) is 5.65. The summed E-state index contributed by atoms with van der Waals surface area (Å²) >= 11 is 0. The molecule has 0 heterocycles. The molecule has 0 aromatic heterocycles. The van der Waals surface area contributed by atoms with Crippen LogP contribution in [0.25, 0.3) is 0 Å². The van der Waals surface area contributed by atoms with Crippen molar-refractivity contribution in [3.05, 3.63) is 0 Å². The first-order valence-electron chi connectivity index (χ1n) is 6.13. The molecule has 0 spiro atoms. The number of rotatable bonds is 5. The Morgan fingerprint density at radius 3 is 2.14 bits per heavy atom. The summed E-state index contributed by atoms with van der Waals surface area (Å²) in [6, 6.07) is 0. The van der Waals surface area contributed by atoms with E-state index in [0.717, 1.165) is 6.54 Å². The molecule has 0 aliphatic heterocycles. The van der Waals surface area contributed by atoms with E-state index < -0.39 is 0 Å². The minimum Gasteiger partial charge on any atom is -0.330 e. The second kappa shape index (κ2) is 3.82. The van der Waals surface area contributed by atoms with Crippen molar-refractivity contribution in [1.29, 1.82) is 0 Å². The Bertz CT molecular complexity index is 187. The normalized spacial score (nSPS) is 27.9. The smallest absolute Gasteiger partial charge is 0.0153 e. The molecule has 0 radical (unpaired) electrons. The van der Waals surface area contributed by atoms with Crippen LogP contribution in [0.4, 0.5) is 0 Å². The van der Waals surface area contributed by atoms with Crippen LogP contribution in [-0.2, 0) is 0 Å². The lowest BCUT2D eigenvalue weighted by atomic mass is 9.66. The van der Waals surface area contributed by atoms with Crippen molar-refractivity contribution in [2.24, 2.45) is 11.1 Å². The van der Waals surface area contributed by atoms with Crippen molar-refractivity contribution < 1.29 is 0 Å². The van der Waals surface area contributed by atoms with Crippen LogP contribution >= 0.6 is 0 Å². The molecule has 3 N–H and O–H groups in total. The van der Waals surface area contributed by atoms with Crippen LogP contribution < -0.4 is 11.1 Å². The lowest BCUT2D eigenvalue weighted by molar-refractivity contribution is 0.116. The highest BCUT2D eigenvalue weighted by Crippen LogP contribution is 2.43.